The van der Waals surface area contributed by atoms with Gasteiger partial charge in [0.1, 0.15) is 5.76 Å². The molecule has 0 radical (unpaired) electrons. The minimum atomic E-state index is 0.101. The van der Waals surface area contributed by atoms with Gasteiger partial charge in [0.2, 0.25) is 0 Å². The highest BCUT2D eigenvalue weighted by atomic mass is 79.9. The number of hydrogen-bond donors (Lipinski definition) is 1. The van der Waals surface area contributed by atoms with Gasteiger partial charge >= 0.3 is 0 Å². The lowest BCUT2D eigenvalue weighted by Crippen LogP contribution is -2.35. The largest absolute Gasteiger partial charge is 0.466 e. The zero-order valence-electron chi connectivity index (χ0n) is 9.78. The van der Waals surface area contributed by atoms with E-state index in [0.29, 0.717) is 13.2 Å². The molecular weight excluding hydrogens is 272 g/mol. The summed E-state index contributed by atoms with van der Waals surface area (Å²) in [6.07, 6.45) is 1.67. The van der Waals surface area contributed by atoms with E-state index in [2.05, 4.69) is 27.8 Å². The van der Waals surface area contributed by atoms with E-state index in [0.717, 1.165) is 23.3 Å². The molecule has 0 aliphatic heterocycles. The van der Waals surface area contributed by atoms with E-state index in [4.69, 9.17) is 14.9 Å². The van der Waals surface area contributed by atoms with E-state index in [9.17, 15) is 0 Å². The van der Waals surface area contributed by atoms with Crippen molar-refractivity contribution in [3.05, 3.63) is 22.6 Å². The third kappa shape index (κ3) is 3.31. The minimum absolute atomic E-state index is 0.101. The summed E-state index contributed by atoms with van der Waals surface area (Å²) in [5.41, 5.74) is 5.82. The highest BCUT2D eigenvalue weighted by molar-refractivity contribution is 9.10. The Labute approximate surface area is 105 Å². The van der Waals surface area contributed by atoms with Crippen LogP contribution in [0.1, 0.15) is 18.7 Å². The second kappa shape index (κ2) is 7.06. The fourth-order valence-electron chi connectivity index (χ4n) is 1.71. The second-order valence-corrected chi connectivity index (χ2v) is 4.36. The summed E-state index contributed by atoms with van der Waals surface area (Å²) in [6.45, 7) is 5.10. The Morgan fingerprint density at radius 2 is 2.38 bits per heavy atom. The quantitative estimate of drug-likeness (QED) is 0.835. The van der Waals surface area contributed by atoms with E-state index in [1.807, 2.05) is 6.07 Å². The molecule has 0 saturated carbocycles. The summed E-state index contributed by atoms with van der Waals surface area (Å²) in [6, 6.07) is 1.99. The molecule has 0 amide bonds. The fraction of sp³-hybridized carbons (Fsp3) is 0.636. The topological polar surface area (TPSA) is 51.6 Å². The molecule has 4 nitrogen and oxygen atoms in total. The lowest BCUT2D eigenvalue weighted by molar-refractivity contribution is 0.117. The van der Waals surface area contributed by atoms with Crippen LogP contribution in [0.3, 0.4) is 0 Å². The van der Waals surface area contributed by atoms with Crippen LogP contribution in [0.2, 0.25) is 0 Å². The molecule has 1 aromatic heterocycles. The SMILES string of the molecule is CCN(CCOC)C(CN)c1occc1Br. The van der Waals surface area contributed by atoms with Crippen LogP contribution in [0.25, 0.3) is 0 Å². The van der Waals surface area contributed by atoms with Crippen LogP contribution in [-0.4, -0.2) is 38.3 Å². The van der Waals surface area contributed by atoms with Gasteiger partial charge in [-0.2, -0.15) is 0 Å². The van der Waals surface area contributed by atoms with Crippen molar-refractivity contribution >= 4 is 15.9 Å². The monoisotopic (exact) mass is 290 g/mol. The van der Waals surface area contributed by atoms with Crippen LogP contribution < -0.4 is 5.73 Å². The van der Waals surface area contributed by atoms with Crippen molar-refractivity contribution in [2.75, 3.05) is 33.4 Å². The summed E-state index contributed by atoms with van der Waals surface area (Å²) in [7, 11) is 1.70. The summed E-state index contributed by atoms with van der Waals surface area (Å²) in [5, 5.41) is 0. The molecule has 2 N–H and O–H groups in total. The third-order valence-corrected chi connectivity index (χ3v) is 3.26. The molecule has 0 saturated heterocycles. The number of hydrogen-bond acceptors (Lipinski definition) is 4. The Hall–Kier alpha value is -0.360. The molecule has 16 heavy (non-hydrogen) atoms. The summed E-state index contributed by atoms with van der Waals surface area (Å²) in [5.74, 6) is 0.889. The molecule has 1 heterocycles. The van der Waals surface area contributed by atoms with Gasteiger partial charge in [-0.3, -0.25) is 4.90 Å². The van der Waals surface area contributed by atoms with Crippen molar-refractivity contribution in [3.63, 3.8) is 0 Å². The van der Waals surface area contributed by atoms with E-state index in [1.54, 1.807) is 13.4 Å². The molecule has 0 spiro atoms. The van der Waals surface area contributed by atoms with Gasteiger partial charge in [0.25, 0.3) is 0 Å². The number of methoxy groups -OCH3 is 1. The van der Waals surface area contributed by atoms with E-state index in [1.165, 1.54) is 0 Å². The van der Waals surface area contributed by atoms with Crippen LogP contribution in [0, 0.1) is 0 Å². The number of halogens is 1. The molecule has 92 valence electrons. The number of likely N-dealkylation sites (N-methyl/N-ethyl adjacent to an activating group) is 1. The maximum atomic E-state index is 5.82. The molecule has 0 aliphatic rings. The van der Waals surface area contributed by atoms with Crippen molar-refractivity contribution in [3.8, 4) is 0 Å². The normalized spacial score (nSPS) is 13.3. The smallest absolute Gasteiger partial charge is 0.136 e. The highest BCUT2D eigenvalue weighted by Crippen LogP contribution is 2.27. The third-order valence-electron chi connectivity index (χ3n) is 2.60. The average molecular weight is 291 g/mol. The Morgan fingerprint density at radius 1 is 1.62 bits per heavy atom. The van der Waals surface area contributed by atoms with Gasteiger partial charge in [-0.05, 0) is 28.5 Å². The van der Waals surface area contributed by atoms with Gasteiger partial charge in [-0.1, -0.05) is 6.92 Å². The van der Waals surface area contributed by atoms with Gasteiger partial charge in [0, 0.05) is 20.2 Å². The fourth-order valence-corrected chi connectivity index (χ4v) is 2.17. The molecule has 1 atom stereocenters. The number of ether oxygens (including phenoxy) is 1. The van der Waals surface area contributed by atoms with Crippen LogP contribution in [0.15, 0.2) is 21.2 Å². The zero-order valence-corrected chi connectivity index (χ0v) is 11.4. The lowest BCUT2D eigenvalue weighted by Gasteiger charge is -2.28. The summed E-state index contributed by atoms with van der Waals surface area (Å²) >= 11 is 3.47. The molecule has 0 fully saturated rings. The van der Waals surface area contributed by atoms with Crippen molar-refractivity contribution in [2.24, 2.45) is 5.73 Å². The van der Waals surface area contributed by atoms with E-state index >= 15 is 0 Å². The molecule has 1 unspecified atom stereocenters. The number of rotatable bonds is 7. The van der Waals surface area contributed by atoms with Gasteiger partial charge in [-0.15, -0.1) is 0 Å². The van der Waals surface area contributed by atoms with Crippen LogP contribution in [0.5, 0.6) is 0 Å². The highest BCUT2D eigenvalue weighted by Gasteiger charge is 2.22. The van der Waals surface area contributed by atoms with Crippen molar-refractivity contribution in [2.45, 2.75) is 13.0 Å². The molecule has 1 rings (SSSR count). The maximum Gasteiger partial charge on any atom is 0.136 e. The predicted molar refractivity (Wildman–Crippen MR) is 67.3 cm³/mol. The first-order valence-corrected chi connectivity index (χ1v) is 6.19. The first kappa shape index (κ1) is 13.7. The number of furan rings is 1. The first-order chi connectivity index (χ1) is 7.74. The Kier molecular flexibility index (Phi) is 6.05. The Bertz CT molecular complexity index is 304. The van der Waals surface area contributed by atoms with Crippen LogP contribution >= 0.6 is 15.9 Å². The zero-order chi connectivity index (χ0) is 12.0. The number of nitrogens with two attached hydrogens (primary N) is 1. The van der Waals surface area contributed by atoms with Gasteiger partial charge in [0.15, 0.2) is 0 Å². The Balaban J connectivity index is 2.75. The van der Waals surface area contributed by atoms with Gasteiger partial charge in [0.05, 0.1) is 23.4 Å². The van der Waals surface area contributed by atoms with Crippen molar-refractivity contribution in [1.82, 2.24) is 4.90 Å². The van der Waals surface area contributed by atoms with Crippen LogP contribution in [0.4, 0.5) is 0 Å². The molecule has 5 heteroatoms. The molecule has 1 aromatic rings. The number of nitrogens with zero attached hydrogens (tertiary/aromatic N) is 1. The summed E-state index contributed by atoms with van der Waals surface area (Å²) < 4.78 is 11.5. The van der Waals surface area contributed by atoms with E-state index < -0.39 is 0 Å². The average Bonchev–Trinajstić information content (AvgIpc) is 2.71. The van der Waals surface area contributed by atoms with Crippen molar-refractivity contribution < 1.29 is 9.15 Å². The van der Waals surface area contributed by atoms with E-state index in [-0.39, 0.29) is 6.04 Å². The van der Waals surface area contributed by atoms with Crippen molar-refractivity contribution in [1.29, 1.82) is 0 Å². The first-order valence-electron chi connectivity index (χ1n) is 5.40. The Morgan fingerprint density at radius 3 is 2.81 bits per heavy atom. The second-order valence-electron chi connectivity index (χ2n) is 3.51. The van der Waals surface area contributed by atoms with Crippen LogP contribution in [-0.2, 0) is 4.74 Å². The molecular formula is C11H19BrN2O2. The molecule has 0 bridgehead atoms. The molecule has 0 aliphatic carbocycles. The summed E-state index contributed by atoms with van der Waals surface area (Å²) in [4.78, 5) is 2.24. The maximum absolute atomic E-state index is 5.82. The standard InChI is InChI=1S/C11H19BrN2O2/c1-3-14(5-7-15-2)10(8-13)11-9(12)4-6-16-11/h4,6,10H,3,5,7-8,13H2,1-2H3. The van der Waals surface area contributed by atoms with Gasteiger partial charge in [-0.25, -0.2) is 0 Å². The predicted octanol–water partition coefficient (Wildman–Crippen LogP) is 2.01. The lowest BCUT2D eigenvalue weighted by atomic mass is 10.2. The van der Waals surface area contributed by atoms with Gasteiger partial charge < -0.3 is 14.9 Å². The molecule has 0 aromatic carbocycles. The minimum Gasteiger partial charge on any atom is -0.466 e.